The van der Waals surface area contributed by atoms with Gasteiger partial charge < -0.3 is 40.3 Å². The monoisotopic (exact) mass is 708 g/mol. The number of nitrogens with one attached hydrogen (secondary N) is 3. The van der Waals surface area contributed by atoms with E-state index >= 15 is 0 Å². The number of imidazole rings is 2. The number of hydrogen-bond acceptors (Lipinski definition) is 8. The highest BCUT2D eigenvalue weighted by Gasteiger charge is 2.42. The molecule has 5 atom stereocenters. The molecule has 0 spiro atoms. The Bertz CT molecular complexity index is 1920. The molecule has 2 aromatic heterocycles. The first-order valence-corrected chi connectivity index (χ1v) is 17.9. The van der Waals surface area contributed by atoms with Crippen molar-refractivity contribution in [2.75, 3.05) is 20.2 Å². The number of aromatic nitrogens is 4. The Kier molecular flexibility index (Phi) is 9.97. The highest BCUT2D eigenvalue weighted by atomic mass is 16.6. The molecular formula is C38H44N8O6. The van der Waals surface area contributed by atoms with E-state index in [0.29, 0.717) is 25.9 Å². The van der Waals surface area contributed by atoms with Crippen molar-refractivity contribution in [3.63, 3.8) is 0 Å². The largest absolute Gasteiger partial charge is 0.453 e. The first-order chi connectivity index (χ1) is 25.2. The summed E-state index contributed by atoms with van der Waals surface area (Å²) in [5.41, 5.74) is 11.1. The minimum atomic E-state index is -0.837. The summed E-state index contributed by atoms with van der Waals surface area (Å²) >= 11 is 0. The number of methoxy groups -OCH3 is 1. The van der Waals surface area contributed by atoms with Gasteiger partial charge in [0.1, 0.15) is 23.8 Å². The molecule has 4 heterocycles. The summed E-state index contributed by atoms with van der Waals surface area (Å²) in [7, 11) is 1.27. The van der Waals surface area contributed by atoms with Gasteiger partial charge in [-0.15, -0.1) is 0 Å². The second-order valence-corrected chi connectivity index (χ2v) is 13.8. The fraction of sp³-hybridized carbons (Fsp3) is 0.421. The Balaban J connectivity index is 0.988. The van der Waals surface area contributed by atoms with Crippen LogP contribution in [0.15, 0.2) is 60.9 Å². The molecule has 14 nitrogen and oxygen atoms in total. The van der Waals surface area contributed by atoms with Crippen LogP contribution in [0.25, 0.3) is 33.6 Å². The Morgan fingerprint density at radius 2 is 1.29 bits per heavy atom. The molecule has 4 aromatic rings. The number of amides is 4. The van der Waals surface area contributed by atoms with Crippen LogP contribution < -0.4 is 11.1 Å². The Morgan fingerprint density at radius 3 is 1.83 bits per heavy atom. The van der Waals surface area contributed by atoms with Crippen LogP contribution in [-0.2, 0) is 19.1 Å². The smallest absolute Gasteiger partial charge is 0.407 e. The number of H-pyrrole nitrogens is 2. The van der Waals surface area contributed by atoms with Crippen molar-refractivity contribution < 1.29 is 28.7 Å². The van der Waals surface area contributed by atoms with Gasteiger partial charge in [-0.25, -0.2) is 19.6 Å². The standard InChI is InChI=1S/C38H44N8O6/c1-22(42-38(50)51-2)35(47)45-18-4-7-30(45)33-40-20-28(43-33)25-14-10-23(11-15-25)24-12-16-26(17-13-24)29-21-41-34(44-29)31-8-5-19-46(31)36(48)27-6-3-9-32(27)52-37(39)49/h10-17,20-22,27,30-32H,3-9,18-19H2,1-2H3,(H2,39,49)(H,40,43)(H,41,44)(H,42,50)/t22-,27+,30?,31?,32+/m0/s1. The maximum Gasteiger partial charge on any atom is 0.407 e. The molecular weight excluding hydrogens is 664 g/mol. The van der Waals surface area contributed by atoms with E-state index in [9.17, 15) is 19.2 Å². The number of nitrogens with zero attached hydrogens (tertiary/aromatic N) is 4. The first-order valence-electron chi connectivity index (χ1n) is 17.9. The van der Waals surface area contributed by atoms with Gasteiger partial charge >= 0.3 is 12.2 Å². The number of rotatable bonds is 9. The van der Waals surface area contributed by atoms with Crippen molar-refractivity contribution in [3.05, 3.63) is 72.6 Å². The van der Waals surface area contributed by atoms with Gasteiger partial charge in [-0.05, 0) is 74.1 Å². The molecule has 0 radical (unpaired) electrons. The average molecular weight is 709 g/mol. The second-order valence-electron chi connectivity index (χ2n) is 13.8. The molecule has 0 bridgehead atoms. The lowest BCUT2D eigenvalue weighted by Crippen LogP contribution is -2.46. The number of ether oxygens (including phenoxy) is 2. The van der Waals surface area contributed by atoms with Crippen LogP contribution in [0.2, 0.25) is 0 Å². The van der Waals surface area contributed by atoms with Gasteiger partial charge in [0, 0.05) is 13.1 Å². The van der Waals surface area contributed by atoms with Gasteiger partial charge in [0.05, 0.1) is 48.9 Å². The number of aromatic amines is 2. The number of benzene rings is 2. The summed E-state index contributed by atoms with van der Waals surface area (Å²) in [6.07, 6.45) is 7.16. The zero-order valence-electron chi connectivity index (χ0n) is 29.3. The van der Waals surface area contributed by atoms with Crippen molar-refractivity contribution in [2.24, 2.45) is 11.7 Å². The molecule has 7 rings (SSSR count). The molecule has 5 N–H and O–H groups in total. The quantitative estimate of drug-likeness (QED) is 0.176. The maximum atomic E-state index is 13.5. The van der Waals surface area contributed by atoms with Gasteiger partial charge in [0.25, 0.3) is 0 Å². The van der Waals surface area contributed by atoms with E-state index in [2.05, 4.69) is 66.4 Å². The third-order valence-corrected chi connectivity index (χ3v) is 10.5. The predicted molar refractivity (Wildman–Crippen MR) is 191 cm³/mol. The van der Waals surface area contributed by atoms with Crippen LogP contribution in [0.1, 0.15) is 75.6 Å². The Labute approximate surface area is 301 Å². The molecule has 2 saturated heterocycles. The van der Waals surface area contributed by atoms with Crippen molar-refractivity contribution in [2.45, 2.75) is 76.1 Å². The SMILES string of the molecule is COC(=O)N[C@@H](C)C(=O)N1CCCC1c1ncc(-c2ccc(-c3ccc(-c4cnc(C5CCCN5C(=O)[C@@H]5CCC[C@H]5OC(N)=O)[nH]4)cc3)cc2)[nH]1. The number of alkyl carbamates (subject to hydrolysis) is 1. The fourth-order valence-corrected chi connectivity index (χ4v) is 7.88. The molecule has 3 fully saturated rings. The third-order valence-electron chi connectivity index (χ3n) is 10.5. The minimum Gasteiger partial charge on any atom is -0.453 e. The number of nitrogens with two attached hydrogens (primary N) is 1. The molecule has 3 aliphatic rings. The number of likely N-dealkylation sites (tertiary alicyclic amines) is 2. The summed E-state index contributed by atoms with van der Waals surface area (Å²) < 4.78 is 9.90. The molecule has 52 heavy (non-hydrogen) atoms. The number of hydrogen-bond donors (Lipinski definition) is 4. The van der Waals surface area contributed by atoms with Gasteiger partial charge in [-0.2, -0.15) is 0 Å². The average Bonchev–Trinajstić information content (AvgIpc) is 4.00. The van der Waals surface area contributed by atoms with Gasteiger partial charge in [-0.3, -0.25) is 9.59 Å². The second kappa shape index (κ2) is 14.9. The zero-order chi connectivity index (χ0) is 36.4. The van der Waals surface area contributed by atoms with Gasteiger partial charge in [-0.1, -0.05) is 48.5 Å². The predicted octanol–water partition coefficient (Wildman–Crippen LogP) is 5.47. The molecule has 1 aliphatic carbocycles. The lowest BCUT2D eigenvalue weighted by atomic mass is 10.0. The van der Waals surface area contributed by atoms with Crippen molar-refractivity contribution in [1.82, 2.24) is 35.1 Å². The normalized spacial score (nSPS) is 22.0. The highest BCUT2D eigenvalue weighted by Crippen LogP contribution is 2.38. The molecule has 2 unspecified atom stereocenters. The summed E-state index contributed by atoms with van der Waals surface area (Å²) in [4.78, 5) is 69.4. The Morgan fingerprint density at radius 1 is 0.769 bits per heavy atom. The first kappa shape index (κ1) is 34.8. The van der Waals surface area contributed by atoms with Crippen molar-refractivity contribution >= 4 is 24.0 Å². The minimum absolute atomic E-state index is 0.000923. The fourth-order valence-electron chi connectivity index (χ4n) is 7.88. The molecule has 1 saturated carbocycles. The summed E-state index contributed by atoms with van der Waals surface area (Å²) in [6, 6.07) is 15.4. The van der Waals surface area contributed by atoms with Crippen LogP contribution in [-0.4, -0.2) is 86.1 Å². The molecule has 14 heteroatoms. The third kappa shape index (κ3) is 7.10. The summed E-state index contributed by atoms with van der Waals surface area (Å²) in [5.74, 6) is 0.937. The van der Waals surface area contributed by atoms with E-state index in [1.807, 2.05) is 23.2 Å². The number of primary amides is 1. The summed E-state index contributed by atoms with van der Waals surface area (Å²) in [5, 5.41) is 2.56. The van der Waals surface area contributed by atoms with Crippen molar-refractivity contribution in [3.8, 4) is 33.6 Å². The molecule has 4 amide bonds. The Hall–Kier alpha value is -5.66. The lowest BCUT2D eigenvalue weighted by molar-refractivity contribution is -0.139. The van der Waals surface area contributed by atoms with Crippen LogP contribution in [0.4, 0.5) is 9.59 Å². The van der Waals surface area contributed by atoms with Crippen LogP contribution >= 0.6 is 0 Å². The van der Waals surface area contributed by atoms with Gasteiger partial charge in [0.15, 0.2) is 0 Å². The van der Waals surface area contributed by atoms with Crippen LogP contribution in [0.3, 0.4) is 0 Å². The van der Waals surface area contributed by atoms with E-state index in [1.54, 1.807) is 18.0 Å². The van der Waals surface area contributed by atoms with E-state index in [1.165, 1.54) is 7.11 Å². The topological polar surface area (TPSA) is 189 Å². The molecule has 2 aromatic carbocycles. The van der Waals surface area contributed by atoms with E-state index < -0.39 is 24.3 Å². The van der Waals surface area contributed by atoms with Crippen molar-refractivity contribution in [1.29, 1.82) is 0 Å². The maximum absolute atomic E-state index is 13.5. The van der Waals surface area contributed by atoms with E-state index in [0.717, 1.165) is 77.4 Å². The summed E-state index contributed by atoms with van der Waals surface area (Å²) in [6.45, 7) is 2.89. The van der Waals surface area contributed by atoms with Gasteiger partial charge in [0.2, 0.25) is 11.8 Å². The van der Waals surface area contributed by atoms with Crippen LogP contribution in [0.5, 0.6) is 0 Å². The number of carbonyl (C=O) groups excluding carboxylic acids is 4. The van der Waals surface area contributed by atoms with E-state index in [-0.39, 0.29) is 29.8 Å². The number of carbonyl (C=O) groups is 4. The highest BCUT2D eigenvalue weighted by molar-refractivity contribution is 5.86. The molecule has 2 aliphatic heterocycles. The zero-order valence-corrected chi connectivity index (χ0v) is 29.3. The lowest BCUT2D eigenvalue weighted by Gasteiger charge is -2.28. The van der Waals surface area contributed by atoms with E-state index in [4.69, 9.17) is 10.5 Å². The molecule has 272 valence electrons. The van der Waals surface area contributed by atoms with Crippen LogP contribution in [0, 0.1) is 5.92 Å².